The van der Waals surface area contributed by atoms with E-state index in [0.717, 1.165) is 24.7 Å². The van der Waals surface area contributed by atoms with Gasteiger partial charge < -0.3 is 4.74 Å². The molecule has 1 aromatic heterocycles. The Balaban J connectivity index is 1.90. The summed E-state index contributed by atoms with van der Waals surface area (Å²) in [5.41, 5.74) is 0. The van der Waals surface area contributed by atoms with E-state index in [1.54, 1.807) is 30.4 Å². The van der Waals surface area contributed by atoms with Crippen LogP contribution in [-0.2, 0) is 4.74 Å². The Labute approximate surface area is 81.9 Å². The molecule has 1 aliphatic heterocycles. The maximum Gasteiger partial charge on any atom is 0.115 e. The van der Waals surface area contributed by atoms with Gasteiger partial charge in [-0.15, -0.1) is 0 Å². The fraction of sp³-hybridized carbons (Fsp3) is 0.556. The fourth-order valence-corrected chi connectivity index (χ4v) is 2.35. The molecule has 1 atom stereocenters. The summed E-state index contributed by atoms with van der Waals surface area (Å²) in [7, 11) is 0. The molecule has 0 radical (unpaired) electrons. The molecular formula is C9H12N2OS. The predicted molar refractivity (Wildman–Crippen MR) is 51.7 cm³/mol. The van der Waals surface area contributed by atoms with Gasteiger partial charge in [-0.2, -0.15) is 0 Å². The third-order valence-corrected chi connectivity index (χ3v) is 3.10. The number of hydrogen-bond acceptors (Lipinski definition) is 4. The third kappa shape index (κ3) is 2.67. The highest BCUT2D eigenvalue weighted by Gasteiger charge is 2.15. The van der Waals surface area contributed by atoms with Crippen molar-refractivity contribution in [2.45, 2.75) is 23.1 Å². The first-order valence-corrected chi connectivity index (χ1v) is 5.33. The van der Waals surface area contributed by atoms with Gasteiger partial charge in [0.25, 0.3) is 0 Å². The molecular weight excluding hydrogens is 184 g/mol. The molecule has 3 nitrogen and oxygen atoms in total. The SMILES string of the molecule is c1cnc(SC2CCCOC2)cn1. The van der Waals surface area contributed by atoms with E-state index in [4.69, 9.17) is 4.74 Å². The fourth-order valence-electron chi connectivity index (χ4n) is 1.32. The minimum Gasteiger partial charge on any atom is -0.380 e. The van der Waals surface area contributed by atoms with Crippen molar-refractivity contribution in [1.29, 1.82) is 0 Å². The molecule has 0 bridgehead atoms. The molecule has 1 aromatic rings. The van der Waals surface area contributed by atoms with Gasteiger partial charge in [0.2, 0.25) is 0 Å². The predicted octanol–water partition coefficient (Wildman–Crippen LogP) is 1.75. The Kier molecular flexibility index (Phi) is 3.16. The van der Waals surface area contributed by atoms with E-state index in [1.807, 2.05) is 0 Å². The zero-order chi connectivity index (χ0) is 8.93. The maximum absolute atomic E-state index is 5.39. The van der Waals surface area contributed by atoms with E-state index < -0.39 is 0 Å². The second-order valence-corrected chi connectivity index (χ2v) is 4.32. The molecule has 1 unspecified atom stereocenters. The van der Waals surface area contributed by atoms with Crippen LogP contribution < -0.4 is 0 Å². The van der Waals surface area contributed by atoms with Crippen LogP contribution in [0.5, 0.6) is 0 Å². The number of hydrogen-bond donors (Lipinski definition) is 0. The van der Waals surface area contributed by atoms with Gasteiger partial charge in [-0.05, 0) is 12.8 Å². The van der Waals surface area contributed by atoms with Gasteiger partial charge in [-0.25, -0.2) is 4.98 Å². The van der Waals surface area contributed by atoms with Crippen molar-refractivity contribution in [2.24, 2.45) is 0 Å². The molecule has 13 heavy (non-hydrogen) atoms. The van der Waals surface area contributed by atoms with Crippen molar-refractivity contribution in [3.05, 3.63) is 18.6 Å². The molecule has 0 aliphatic carbocycles. The monoisotopic (exact) mass is 196 g/mol. The number of nitrogens with zero attached hydrogens (tertiary/aromatic N) is 2. The van der Waals surface area contributed by atoms with Crippen LogP contribution in [0, 0.1) is 0 Å². The zero-order valence-corrected chi connectivity index (χ0v) is 8.17. The molecule has 1 saturated heterocycles. The lowest BCUT2D eigenvalue weighted by Gasteiger charge is -2.20. The van der Waals surface area contributed by atoms with Crippen LogP contribution in [-0.4, -0.2) is 28.4 Å². The van der Waals surface area contributed by atoms with Crippen LogP contribution in [0.2, 0.25) is 0 Å². The Morgan fingerprint density at radius 3 is 3.15 bits per heavy atom. The van der Waals surface area contributed by atoms with Crippen LogP contribution in [0.3, 0.4) is 0 Å². The summed E-state index contributed by atoms with van der Waals surface area (Å²) in [6.45, 7) is 1.76. The summed E-state index contributed by atoms with van der Waals surface area (Å²) >= 11 is 1.77. The van der Waals surface area contributed by atoms with Crippen molar-refractivity contribution < 1.29 is 4.74 Å². The summed E-state index contributed by atoms with van der Waals surface area (Å²) in [5.74, 6) is 0. The summed E-state index contributed by atoms with van der Waals surface area (Å²) in [6.07, 6.45) is 7.62. The van der Waals surface area contributed by atoms with Crippen LogP contribution >= 0.6 is 11.8 Å². The molecule has 0 amide bonds. The normalized spacial score (nSPS) is 22.9. The molecule has 1 fully saturated rings. The highest BCUT2D eigenvalue weighted by molar-refractivity contribution is 7.99. The van der Waals surface area contributed by atoms with Gasteiger partial charge in [0.05, 0.1) is 12.8 Å². The first kappa shape index (κ1) is 8.97. The summed E-state index contributed by atoms with van der Waals surface area (Å²) in [5, 5.41) is 1.56. The van der Waals surface area contributed by atoms with Crippen molar-refractivity contribution in [3.63, 3.8) is 0 Å². The smallest absolute Gasteiger partial charge is 0.115 e. The molecule has 0 spiro atoms. The zero-order valence-electron chi connectivity index (χ0n) is 7.35. The lowest BCUT2D eigenvalue weighted by molar-refractivity contribution is 0.101. The Hall–Kier alpha value is -0.610. The average molecular weight is 196 g/mol. The van der Waals surface area contributed by atoms with E-state index >= 15 is 0 Å². The van der Waals surface area contributed by atoms with Gasteiger partial charge in [-0.3, -0.25) is 4.98 Å². The highest BCUT2D eigenvalue weighted by Crippen LogP contribution is 2.26. The topological polar surface area (TPSA) is 35.0 Å². The summed E-state index contributed by atoms with van der Waals surface area (Å²) < 4.78 is 5.39. The van der Waals surface area contributed by atoms with Crippen molar-refractivity contribution in [2.75, 3.05) is 13.2 Å². The first-order chi connectivity index (χ1) is 6.45. The standard InChI is InChI=1S/C9H12N2OS/c1-2-8(7-12-5-1)13-9-6-10-3-4-11-9/h3-4,6,8H,1-2,5,7H2. The molecule has 4 heteroatoms. The Bertz CT molecular complexity index is 249. The number of thioether (sulfide) groups is 1. The van der Waals surface area contributed by atoms with Crippen LogP contribution in [0.4, 0.5) is 0 Å². The van der Waals surface area contributed by atoms with Crippen molar-refractivity contribution in [3.8, 4) is 0 Å². The molecule has 2 rings (SSSR count). The van der Waals surface area contributed by atoms with E-state index in [9.17, 15) is 0 Å². The van der Waals surface area contributed by atoms with E-state index in [1.165, 1.54) is 6.42 Å². The second kappa shape index (κ2) is 4.58. The number of ether oxygens (including phenoxy) is 1. The molecule has 0 saturated carbocycles. The van der Waals surface area contributed by atoms with Gasteiger partial charge in [0, 0.05) is 24.3 Å². The van der Waals surface area contributed by atoms with Gasteiger partial charge in [0.15, 0.2) is 0 Å². The van der Waals surface area contributed by atoms with Crippen molar-refractivity contribution in [1.82, 2.24) is 9.97 Å². The quantitative estimate of drug-likeness (QED) is 0.721. The van der Waals surface area contributed by atoms with Gasteiger partial charge in [0.1, 0.15) is 5.03 Å². The average Bonchev–Trinajstić information content (AvgIpc) is 2.21. The lowest BCUT2D eigenvalue weighted by Crippen LogP contribution is -2.19. The lowest BCUT2D eigenvalue weighted by atomic mass is 10.2. The van der Waals surface area contributed by atoms with Crippen LogP contribution in [0.25, 0.3) is 0 Å². The largest absolute Gasteiger partial charge is 0.380 e. The molecule has 0 aromatic carbocycles. The summed E-state index contributed by atoms with van der Waals surface area (Å²) in [4.78, 5) is 8.24. The van der Waals surface area contributed by atoms with Crippen LogP contribution in [0.15, 0.2) is 23.6 Å². The number of rotatable bonds is 2. The van der Waals surface area contributed by atoms with Gasteiger partial charge >= 0.3 is 0 Å². The number of aromatic nitrogens is 2. The first-order valence-electron chi connectivity index (χ1n) is 4.45. The molecule has 0 N–H and O–H groups in total. The maximum atomic E-state index is 5.39. The molecule has 1 aliphatic rings. The summed E-state index contributed by atoms with van der Waals surface area (Å²) in [6, 6.07) is 0. The molecule has 2 heterocycles. The van der Waals surface area contributed by atoms with Gasteiger partial charge in [-0.1, -0.05) is 11.8 Å². The Morgan fingerprint density at radius 2 is 2.46 bits per heavy atom. The van der Waals surface area contributed by atoms with E-state index in [2.05, 4.69) is 9.97 Å². The third-order valence-electron chi connectivity index (χ3n) is 1.95. The van der Waals surface area contributed by atoms with Crippen LogP contribution in [0.1, 0.15) is 12.8 Å². The minimum atomic E-state index is 0.561. The highest BCUT2D eigenvalue weighted by atomic mass is 32.2. The minimum absolute atomic E-state index is 0.561. The van der Waals surface area contributed by atoms with Crippen molar-refractivity contribution >= 4 is 11.8 Å². The second-order valence-electron chi connectivity index (χ2n) is 3.00. The Morgan fingerprint density at radius 1 is 1.46 bits per heavy atom. The van der Waals surface area contributed by atoms with E-state index in [0.29, 0.717) is 5.25 Å². The molecule has 70 valence electrons. The van der Waals surface area contributed by atoms with E-state index in [-0.39, 0.29) is 0 Å².